The highest BCUT2D eigenvalue weighted by Crippen LogP contribution is 2.33. The minimum absolute atomic E-state index is 0.0574. The van der Waals surface area contributed by atoms with Crippen LogP contribution >= 0.6 is 0 Å². The van der Waals surface area contributed by atoms with E-state index < -0.39 is 0 Å². The summed E-state index contributed by atoms with van der Waals surface area (Å²) in [6, 6.07) is -0.218. The van der Waals surface area contributed by atoms with Crippen LogP contribution in [0.25, 0.3) is 0 Å². The van der Waals surface area contributed by atoms with E-state index in [2.05, 4.69) is 15.5 Å². The van der Waals surface area contributed by atoms with Gasteiger partial charge in [0.2, 0.25) is 17.7 Å². The number of aryl methyl sites for hydroxylation is 1. The first-order chi connectivity index (χ1) is 9.19. The standard InChI is InChI=1S/C13H21N3O3/c1-9(8-17)14-11(18)6-7-12-15-16-13(19-12)10-4-2-3-5-10/h9-10,17H,2-8H2,1H3,(H,14,18). The van der Waals surface area contributed by atoms with Gasteiger partial charge in [-0.15, -0.1) is 10.2 Å². The predicted molar refractivity (Wildman–Crippen MR) is 68.5 cm³/mol. The van der Waals surface area contributed by atoms with Gasteiger partial charge in [-0.05, 0) is 19.8 Å². The molecule has 1 aromatic heterocycles. The van der Waals surface area contributed by atoms with Gasteiger partial charge >= 0.3 is 0 Å². The van der Waals surface area contributed by atoms with Crippen LogP contribution in [0.2, 0.25) is 0 Å². The molecule has 0 spiro atoms. The lowest BCUT2D eigenvalue weighted by atomic mass is 10.1. The van der Waals surface area contributed by atoms with Gasteiger partial charge in [0.25, 0.3) is 0 Å². The quantitative estimate of drug-likeness (QED) is 0.807. The number of hydrogen-bond acceptors (Lipinski definition) is 5. The number of hydrogen-bond donors (Lipinski definition) is 2. The summed E-state index contributed by atoms with van der Waals surface area (Å²) in [5.41, 5.74) is 0. The van der Waals surface area contributed by atoms with Gasteiger partial charge in [0.1, 0.15) is 0 Å². The molecule has 2 rings (SSSR count). The average molecular weight is 267 g/mol. The molecule has 1 aliphatic carbocycles. The molecule has 0 aromatic carbocycles. The molecule has 6 heteroatoms. The Morgan fingerprint density at radius 1 is 1.47 bits per heavy atom. The van der Waals surface area contributed by atoms with Crippen molar-refractivity contribution in [3.8, 4) is 0 Å². The van der Waals surface area contributed by atoms with E-state index >= 15 is 0 Å². The molecule has 1 aromatic rings. The summed E-state index contributed by atoms with van der Waals surface area (Å²) in [5, 5.41) is 19.6. The van der Waals surface area contributed by atoms with Crippen molar-refractivity contribution in [3.05, 3.63) is 11.8 Å². The summed E-state index contributed by atoms with van der Waals surface area (Å²) in [5.74, 6) is 1.54. The van der Waals surface area contributed by atoms with Crippen molar-refractivity contribution < 1.29 is 14.3 Å². The largest absolute Gasteiger partial charge is 0.425 e. The lowest BCUT2D eigenvalue weighted by Crippen LogP contribution is -2.35. The first-order valence-corrected chi connectivity index (χ1v) is 6.91. The third-order valence-corrected chi connectivity index (χ3v) is 3.43. The van der Waals surface area contributed by atoms with Gasteiger partial charge in [-0.1, -0.05) is 12.8 Å². The van der Waals surface area contributed by atoms with Gasteiger partial charge in [-0.25, -0.2) is 0 Å². The minimum atomic E-state index is -0.218. The number of nitrogens with zero attached hydrogens (tertiary/aromatic N) is 2. The Labute approximate surface area is 112 Å². The lowest BCUT2D eigenvalue weighted by molar-refractivity contribution is -0.122. The number of aromatic nitrogens is 2. The highest BCUT2D eigenvalue weighted by Gasteiger charge is 2.22. The van der Waals surface area contributed by atoms with Crippen LogP contribution in [0.1, 0.15) is 56.7 Å². The molecular weight excluding hydrogens is 246 g/mol. The molecule has 1 amide bonds. The number of aliphatic hydroxyl groups is 1. The summed E-state index contributed by atoms with van der Waals surface area (Å²) in [6.07, 6.45) is 5.44. The molecule has 0 bridgehead atoms. The first kappa shape index (κ1) is 14.0. The zero-order chi connectivity index (χ0) is 13.7. The summed E-state index contributed by atoms with van der Waals surface area (Å²) in [4.78, 5) is 11.5. The second-order valence-electron chi connectivity index (χ2n) is 5.17. The fourth-order valence-electron chi connectivity index (χ4n) is 2.32. The van der Waals surface area contributed by atoms with Crippen molar-refractivity contribution in [2.45, 2.75) is 57.4 Å². The second kappa shape index (κ2) is 6.65. The molecule has 1 heterocycles. The SMILES string of the molecule is CC(CO)NC(=O)CCc1nnc(C2CCCC2)o1. The molecule has 19 heavy (non-hydrogen) atoms. The molecule has 0 saturated heterocycles. The maximum atomic E-state index is 11.5. The predicted octanol–water partition coefficient (Wildman–Crippen LogP) is 1.16. The second-order valence-corrected chi connectivity index (χ2v) is 5.17. The zero-order valence-corrected chi connectivity index (χ0v) is 11.3. The van der Waals surface area contributed by atoms with Crippen molar-refractivity contribution >= 4 is 5.91 Å². The van der Waals surface area contributed by atoms with Crippen LogP contribution in [-0.4, -0.2) is 33.9 Å². The fourth-order valence-corrected chi connectivity index (χ4v) is 2.32. The summed E-state index contributed by atoms with van der Waals surface area (Å²) >= 11 is 0. The molecular formula is C13H21N3O3. The van der Waals surface area contributed by atoms with E-state index in [0.29, 0.717) is 24.7 Å². The van der Waals surface area contributed by atoms with Gasteiger partial charge < -0.3 is 14.8 Å². The number of aliphatic hydroxyl groups excluding tert-OH is 1. The Morgan fingerprint density at radius 2 is 2.21 bits per heavy atom. The van der Waals surface area contributed by atoms with Crippen molar-refractivity contribution in [1.82, 2.24) is 15.5 Å². The highest BCUT2D eigenvalue weighted by atomic mass is 16.4. The molecule has 6 nitrogen and oxygen atoms in total. The van der Waals surface area contributed by atoms with Crippen LogP contribution in [0.15, 0.2) is 4.42 Å². The first-order valence-electron chi connectivity index (χ1n) is 6.91. The zero-order valence-electron chi connectivity index (χ0n) is 11.3. The van der Waals surface area contributed by atoms with E-state index in [1.54, 1.807) is 6.92 Å². The van der Waals surface area contributed by atoms with E-state index in [0.717, 1.165) is 18.7 Å². The fraction of sp³-hybridized carbons (Fsp3) is 0.769. The van der Waals surface area contributed by atoms with Gasteiger partial charge in [0.15, 0.2) is 0 Å². The molecule has 1 unspecified atom stereocenters. The Balaban J connectivity index is 1.78. The number of carbonyl (C=O) groups excluding carboxylic acids is 1. The monoisotopic (exact) mass is 267 g/mol. The molecule has 0 radical (unpaired) electrons. The van der Waals surface area contributed by atoms with Crippen molar-refractivity contribution in [2.24, 2.45) is 0 Å². The van der Waals surface area contributed by atoms with Crippen molar-refractivity contribution in [1.29, 1.82) is 0 Å². The normalized spacial score (nSPS) is 17.6. The number of amides is 1. The molecule has 1 atom stereocenters. The highest BCUT2D eigenvalue weighted by molar-refractivity contribution is 5.76. The molecule has 0 aliphatic heterocycles. The molecule has 2 N–H and O–H groups in total. The molecule has 106 valence electrons. The van der Waals surface area contributed by atoms with E-state index in [4.69, 9.17) is 9.52 Å². The molecule has 1 aliphatic rings. The Kier molecular flexibility index (Phi) is 4.90. The Bertz CT molecular complexity index is 413. The van der Waals surface area contributed by atoms with E-state index in [9.17, 15) is 4.79 Å². The third kappa shape index (κ3) is 4.02. The average Bonchev–Trinajstić information content (AvgIpc) is 3.06. The van der Waals surface area contributed by atoms with Gasteiger partial charge in [-0.3, -0.25) is 4.79 Å². The smallest absolute Gasteiger partial charge is 0.220 e. The van der Waals surface area contributed by atoms with Crippen LogP contribution in [0.4, 0.5) is 0 Å². The summed E-state index contributed by atoms with van der Waals surface area (Å²) in [6.45, 7) is 1.70. The van der Waals surface area contributed by atoms with Crippen LogP contribution in [0.3, 0.4) is 0 Å². The Hall–Kier alpha value is -1.43. The van der Waals surface area contributed by atoms with Gasteiger partial charge in [0.05, 0.1) is 6.61 Å². The maximum Gasteiger partial charge on any atom is 0.220 e. The third-order valence-electron chi connectivity index (χ3n) is 3.43. The minimum Gasteiger partial charge on any atom is -0.425 e. The summed E-state index contributed by atoms with van der Waals surface area (Å²) < 4.78 is 5.60. The maximum absolute atomic E-state index is 11.5. The van der Waals surface area contributed by atoms with E-state index in [1.807, 2.05) is 0 Å². The molecule has 1 fully saturated rings. The van der Waals surface area contributed by atoms with Crippen LogP contribution < -0.4 is 5.32 Å². The lowest BCUT2D eigenvalue weighted by Gasteiger charge is -2.09. The molecule has 1 saturated carbocycles. The van der Waals surface area contributed by atoms with E-state index in [1.165, 1.54) is 12.8 Å². The van der Waals surface area contributed by atoms with Gasteiger partial charge in [-0.2, -0.15) is 0 Å². The van der Waals surface area contributed by atoms with Gasteiger partial charge in [0, 0.05) is 24.8 Å². The number of carbonyl (C=O) groups is 1. The Morgan fingerprint density at radius 3 is 2.89 bits per heavy atom. The van der Waals surface area contributed by atoms with Crippen LogP contribution in [0, 0.1) is 0 Å². The van der Waals surface area contributed by atoms with Crippen LogP contribution in [0.5, 0.6) is 0 Å². The van der Waals surface area contributed by atoms with Crippen molar-refractivity contribution in [2.75, 3.05) is 6.61 Å². The van der Waals surface area contributed by atoms with Crippen molar-refractivity contribution in [3.63, 3.8) is 0 Å². The van der Waals surface area contributed by atoms with Crippen LogP contribution in [-0.2, 0) is 11.2 Å². The summed E-state index contributed by atoms with van der Waals surface area (Å²) in [7, 11) is 0. The number of nitrogens with one attached hydrogen (secondary N) is 1. The van der Waals surface area contributed by atoms with E-state index in [-0.39, 0.29) is 18.6 Å². The topological polar surface area (TPSA) is 88.2 Å². The number of rotatable bonds is 6.